The van der Waals surface area contributed by atoms with Crippen molar-refractivity contribution in [2.45, 2.75) is 52.1 Å². The lowest BCUT2D eigenvalue weighted by molar-refractivity contribution is 0.0754. The number of pyridine rings is 1. The third kappa shape index (κ3) is 3.28. The number of ether oxygens (including phenoxy) is 2. The molecule has 0 spiro atoms. The van der Waals surface area contributed by atoms with Gasteiger partial charge in [0.05, 0.1) is 17.1 Å². The average molecular weight is 406 g/mol. The number of aromatic nitrogens is 3. The van der Waals surface area contributed by atoms with E-state index < -0.39 is 0 Å². The molecule has 2 aromatic heterocycles. The minimum atomic E-state index is 0.00720. The van der Waals surface area contributed by atoms with Crippen molar-refractivity contribution in [3.8, 4) is 11.5 Å². The first-order valence-electron chi connectivity index (χ1n) is 10.6. The van der Waals surface area contributed by atoms with Gasteiger partial charge >= 0.3 is 0 Å². The first-order valence-corrected chi connectivity index (χ1v) is 10.6. The molecular formula is C23H26N4O3. The smallest absolute Gasteiger partial charge is 0.255 e. The van der Waals surface area contributed by atoms with Gasteiger partial charge in [0.15, 0.2) is 17.1 Å². The number of fused-ring (bicyclic) bond motifs is 2. The monoisotopic (exact) mass is 406 g/mol. The Bertz CT molecular complexity index is 1120. The van der Waals surface area contributed by atoms with Crippen LogP contribution in [0.1, 0.15) is 67.2 Å². The van der Waals surface area contributed by atoms with Crippen molar-refractivity contribution in [2.75, 3.05) is 13.3 Å². The normalized spacial score (nSPS) is 15.2. The second kappa shape index (κ2) is 7.31. The molecule has 3 aromatic rings. The van der Waals surface area contributed by atoms with E-state index in [2.05, 4.69) is 18.9 Å². The molecule has 1 fully saturated rings. The zero-order valence-corrected chi connectivity index (χ0v) is 17.6. The van der Waals surface area contributed by atoms with Crippen molar-refractivity contribution in [1.29, 1.82) is 0 Å². The molecule has 1 saturated carbocycles. The average Bonchev–Trinajstić information content (AvgIpc) is 3.33. The largest absolute Gasteiger partial charge is 0.454 e. The molecule has 5 rings (SSSR count). The summed E-state index contributed by atoms with van der Waals surface area (Å²) in [7, 11) is 0. The maximum atomic E-state index is 13.6. The number of benzene rings is 1. The maximum Gasteiger partial charge on any atom is 0.255 e. The summed E-state index contributed by atoms with van der Waals surface area (Å²) in [6.07, 6.45) is 4.05. The Hall–Kier alpha value is -3.09. The van der Waals surface area contributed by atoms with Crippen molar-refractivity contribution in [3.05, 3.63) is 47.3 Å². The molecule has 0 bridgehead atoms. The van der Waals surface area contributed by atoms with E-state index in [0.29, 0.717) is 24.6 Å². The standard InChI is InChI=1S/C23H26N4O3/c1-4-26(12-15-5-8-20-21(9-15)30-13-29-20)23(28)17-10-19(16-6-7-16)25-22-18(17)11-24-27(22)14(2)3/h5,8-11,14,16H,4,6-7,12-13H2,1-3H3. The fourth-order valence-electron chi connectivity index (χ4n) is 3.94. The summed E-state index contributed by atoms with van der Waals surface area (Å²) in [5.41, 5.74) is 3.51. The van der Waals surface area contributed by atoms with Crippen molar-refractivity contribution < 1.29 is 14.3 Å². The van der Waals surface area contributed by atoms with Crippen LogP contribution in [0.15, 0.2) is 30.5 Å². The van der Waals surface area contributed by atoms with E-state index in [0.717, 1.165) is 46.6 Å². The number of carbonyl (C=O) groups excluding carboxylic acids is 1. The summed E-state index contributed by atoms with van der Waals surface area (Å²) in [4.78, 5) is 20.3. The van der Waals surface area contributed by atoms with Gasteiger partial charge in [0.1, 0.15) is 0 Å². The number of nitrogens with zero attached hydrogens (tertiary/aromatic N) is 4. The van der Waals surface area contributed by atoms with Gasteiger partial charge in [0.25, 0.3) is 5.91 Å². The molecule has 1 aliphatic heterocycles. The molecular weight excluding hydrogens is 380 g/mol. The van der Waals surface area contributed by atoms with Crippen molar-refractivity contribution >= 4 is 16.9 Å². The third-order valence-corrected chi connectivity index (χ3v) is 5.78. The molecule has 0 saturated heterocycles. The number of carbonyl (C=O) groups is 1. The quantitative estimate of drug-likeness (QED) is 0.611. The van der Waals surface area contributed by atoms with E-state index in [1.807, 2.05) is 40.8 Å². The Morgan fingerprint density at radius 1 is 1.23 bits per heavy atom. The Morgan fingerprint density at radius 3 is 2.77 bits per heavy atom. The Kier molecular flexibility index (Phi) is 4.60. The molecule has 3 heterocycles. The summed E-state index contributed by atoms with van der Waals surface area (Å²) in [5, 5.41) is 5.34. The molecule has 1 amide bonds. The minimum absolute atomic E-state index is 0.00720. The van der Waals surface area contributed by atoms with Gasteiger partial charge < -0.3 is 14.4 Å². The molecule has 0 atom stereocenters. The van der Waals surface area contributed by atoms with Crippen LogP contribution in [0.4, 0.5) is 0 Å². The fraction of sp³-hybridized carbons (Fsp3) is 0.435. The van der Waals surface area contributed by atoms with Gasteiger partial charge in [-0.15, -0.1) is 0 Å². The number of rotatable bonds is 6. The minimum Gasteiger partial charge on any atom is -0.454 e. The van der Waals surface area contributed by atoms with Gasteiger partial charge in [-0.05, 0) is 57.4 Å². The molecule has 0 radical (unpaired) electrons. The molecule has 0 N–H and O–H groups in total. The summed E-state index contributed by atoms with van der Waals surface area (Å²) in [6, 6.07) is 8.00. The first-order chi connectivity index (χ1) is 14.5. The first kappa shape index (κ1) is 18.9. The highest BCUT2D eigenvalue weighted by molar-refractivity contribution is 6.05. The molecule has 156 valence electrons. The fourth-order valence-corrected chi connectivity index (χ4v) is 3.94. The number of hydrogen-bond acceptors (Lipinski definition) is 5. The van der Waals surface area contributed by atoms with Crippen LogP contribution in [0, 0.1) is 0 Å². The maximum absolute atomic E-state index is 13.6. The van der Waals surface area contributed by atoms with E-state index >= 15 is 0 Å². The van der Waals surface area contributed by atoms with Crippen LogP contribution >= 0.6 is 0 Å². The lowest BCUT2D eigenvalue weighted by Gasteiger charge is -2.22. The van der Waals surface area contributed by atoms with Gasteiger partial charge in [-0.3, -0.25) is 4.79 Å². The highest BCUT2D eigenvalue weighted by Gasteiger charge is 2.29. The summed E-state index contributed by atoms with van der Waals surface area (Å²) < 4.78 is 12.8. The third-order valence-electron chi connectivity index (χ3n) is 5.78. The highest BCUT2D eigenvalue weighted by Crippen LogP contribution is 2.40. The summed E-state index contributed by atoms with van der Waals surface area (Å²) >= 11 is 0. The number of amides is 1. The van der Waals surface area contributed by atoms with Gasteiger partial charge in [0, 0.05) is 30.7 Å². The van der Waals surface area contributed by atoms with Crippen molar-refractivity contribution in [3.63, 3.8) is 0 Å². The summed E-state index contributed by atoms with van der Waals surface area (Å²) in [6.45, 7) is 7.52. The van der Waals surface area contributed by atoms with E-state index in [4.69, 9.17) is 14.5 Å². The van der Waals surface area contributed by atoms with Gasteiger partial charge in [-0.2, -0.15) is 5.10 Å². The van der Waals surface area contributed by atoms with Crippen LogP contribution in [0.2, 0.25) is 0 Å². The topological polar surface area (TPSA) is 69.5 Å². The van der Waals surface area contributed by atoms with Crippen LogP contribution in [-0.4, -0.2) is 38.9 Å². The van der Waals surface area contributed by atoms with E-state index in [9.17, 15) is 4.79 Å². The molecule has 7 nitrogen and oxygen atoms in total. The van der Waals surface area contributed by atoms with Crippen LogP contribution in [0.5, 0.6) is 11.5 Å². The zero-order chi connectivity index (χ0) is 20.8. The molecule has 0 unspecified atom stereocenters. The Balaban J connectivity index is 1.50. The Labute approximate surface area is 175 Å². The van der Waals surface area contributed by atoms with Crippen LogP contribution < -0.4 is 9.47 Å². The van der Waals surface area contributed by atoms with Gasteiger partial charge in [-0.25, -0.2) is 9.67 Å². The van der Waals surface area contributed by atoms with E-state index in [1.165, 1.54) is 0 Å². The molecule has 30 heavy (non-hydrogen) atoms. The zero-order valence-electron chi connectivity index (χ0n) is 17.6. The van der Waals surface area contributed by atoms with Crippen molar-refractivity contribution in [1.82, 2.24) is 19.7 Å². The molecule has 7 heteroatoms. The van der Waals surface area contributed by atoms with E-state index in [-0.39, 0.29) is 18.7 Å². The molecule has 1 aliphatic carbocycles. The van der Waals surface area contributed by atoms with Gasteiger partial charge in [0.2, 0.25) is 6.79 Å². The predicted molar refractivity (Wildman–Crippen MR) is 113 cm³/mol. The lowest BCUT2D eigenvalue weighted by Crippen LogP contribution is -2.30. The summed E-state index contributed by atoms with van der Waals surface area (Å²) in [5.74, 6) is 1.95. The van der Waals surface area contributed by atoms with Crippen LogP contribution in [0.3, 0.4) is 0 Å². The van der Waals surface area contributed by atoms with E-state index in [1.54, 1.807) is 6.20 Å². The molecule has 1 aromatic carbocycles. The SMILES string of the molecule is CCN(Cc1ccc2c(c1)OCO2)C(=O)c1cc(C2CC2)nc2c1cnn2C(C)C. The van der Waals surface area contributed by atoms with Crippen LogP contribution in [0.25, 0.3) is 11.0 Å². The Morgan fingerprint density at radius 2 is 2.03 bits per heavy atom. The van der Waals surface area contributed by atoms with Crippen LogP contribution in [-0.2, 0) is 6.54 Å². The molecule has 2 aliphatic rings. The predicted octanol–water partition coefficient (Wildman–Crippen LogP) is 4.28. The second-order valence-corrected chi connectivity index (χ2v) is 8.30. The van der Waals surface area contributed by atoms with Crippen molar-refractivity contribution in [2.24, 2.45) is 0 Å². The van der Waals surface area contributed by atoms with Gasteiger partial charge in [-0.1, -0.05) is 6.07 Å². The lowest BCUT2D eigenvalue weighted by atomic mass is 10.1. The number of hydrogen-bond donors (Lipinski definition) is 0. The highest BCUT2D eigenvalue weighted by atomic mass is 16.7. The second-order valence-electron chi connectivity index (χ2n) is 8.30.